The summed E-state index contributed by atoms with van der Waals surface area (Å²) in [6, 6.07) is 16.2. The molecule has 0 spiro atoms. The molecule has 0 radical (unpaired) electrons. The second-order valence-corrected chi connectivity index (χ2v) is 9.82. The molecule has 0 unspecified atom stereocenters. The number of carbonyl (C=O) groups excluding carboxylic acids is 3. The Morgan fingerprint density at radius 3 is 2.62 bits per heavy atom. The summed E-state index contributed by atoms with van der Waals surface area (Å²) in [5.41, 5.74) is 0.902. The van der Waals surface area contributed by atoms with Gasteiger partial charge in [-0.3, -0.25) is 19.3 Å². The zero-order chi connectivity index (χ0) is 26.2. The number of benzene rings is 2. The first-order valence-corrected chi connectivity index (χ1v) is 13.1. The van der Waals surface area contributed by atoms with Crippen LogP contribution in [-0.2, 0) is 14.3 Å². The van der Waals surface area contributed by atoms with Crippen molar-refractivity contribution in [2.24, 2.45) is 0 Å². The topological polar surface area (TPSA) is 97.0 Å². The lowest BCUT2D eigenvalue weighted by molar-refractivity contribution is -0.126. The number of methoxy groups -OCH3 is 1. The van der Waals surface area contributed by atoms with Crippen LogP contribution in [0.25, 0.3) is 0 Å². The molecule has 3 aromatic rings. The lowest BCUT2D eigenvalue weighted by atomic mass is 10.0. The summed E-state index contributed by atoms with van der Waals surface area (Å²) in [4.78, 5) is 41.9. The average Bonchev–Trinajstić information content (AvgIpc) is 3.64. The van der Waals surface area contributed by atoms with Crippen LogP contribution in [0.1, 0.15) is 34.1 Å². The molecule has 3 amide bonds. The lowest BCUT2D eigenvalue weighted by Crippen LogP contribution is -2.48. The molecule has 194 valence electrons. The molecule has 4 rings (SSSR count). The molecule has 1 aliphatic heterocycles. The van der Waals surface area contributed by atoms with Crippen molar-refractivity contribution in [1.29, 1.82) is 0 Å². The normalized spacial score (nSPS) is 15.6. The number of carbonyl (C=O) groups is 3. The SMILES string of the molecule is COc1ccc(Cl)cc1N(C(=O)CNC(=O)c1cccs1)[C@@H](C(=O)NC[C@H]1CCCO1)c1ccccc1. The maximum atomic E-state index is 13.8. The second kappa shape index (κ2) is 12.7. The number of nitrogens with zero attached hydrogens (tertiary/aromatic N) is 1. The van der Waals surface area contributed by atoms with Crippen LogP contribution in [0.3, 0.4) is 0 Å². The van der Waals surface area contributed by atoms with Crippen molar-refractivity contribution in [3.8, 4) is 5.75 Å². The smallest absolute Gasteiger partial charge is 0.261 e. The van der Waals surface area contributed by atoms with Gasteiger partial charge in [-0.25, -0.2) is 0 Å². The van der Waals surface area contributed by atoms with E-state index in [1.807, 2.05) is 6.07 Å². The Balaban J connectivity index is 1.70. The molecule has 1 saturated heterocycles. The maximum Gasteiger partial charge on any atom is 0.261 e. The standard InChI is InChI=1S/C27H28ClN3O5S/c1-35-22-12-11-19(28)15-21(22)31(24(32)17-30-26(33)23-10-6-14-37-23)25(18-7-3-2-4-8-18)27(34)29-16-20-9-5-13-36-20/h2-4,6-8,10-12,14-15,20,25H,5,9,13,16-17H2,1H3,(H,29,34)(H,30,33)/t20-,25-/m1/s1. The van der Waals surface area contributed by atoms with E-state index in [1.54, 1.807) is 60.0 Å². The minimum Gasteiger partial charge on any atom is -0.495 e. The first-order valence-electron chi connectivity index (χ1n) is 11.9. The zero-order valence-corrected chi connectivity index (χ0v) is 21.9. The van der Waals surface area contributed by atoms with Crippen LogP contribution in [0.4, 0.5) is 5.69 Å². The molecule has 2 heterocycles. The molecule has 2 N–H and O–H groups in total. The Morgan fingerprint density at radius 1 is 1.14 bits per heavy atom. The van der Waals surface area contributed by atoms with E-state index in [0.29, 0.717) is 40.1 Å². The Kier molecular flexibility index (Phi) is 9.16. The fourth-order valence-electron chi connectivity index (χ4n) is 4.17. The number of halogens is 1. The van der Waals surface area contributed by atoms with Gasteiger partial charge in [0, 0.05) is 18.2 Å². The third-order valence-corrected chi connectivity index (χ3v) is 7.07. The minimum absolute atomic E-state index is 0.0738. The van der Waals surface area contributed by atoms with Crippen LogP contribution < -0.4 is 20.3 Å². The summed E-state index contributed by atoms with van der Waals surface area (Å²) in [7, 11) is 1.48. The van der Waals surface area contributed by atoms with Gasteiger partial charge in [0.1, 0.15) is 11.8 Å². The number of anilines is 1. The van der Waals surface area contributed by atoms with E-state index in [1.165, 1.54) is 23.3 Å². The minimum atomic E-state index is -1.05. The molecule has 2 atom stereocenters. The van der Waals surface area contributed by atoms with E-state index >= 15 is 0 Å². The quantitative estimate of drug-likeness (QED) is 0.401. The number of thiophene rings is 1. The van der Waals surface area contributed by atoms with Crippen LogP contribution >= 0.6 is 22.9 Å². The second-order valence-electron chi connectivity index (χ2n) is 8.43. The highest BCUT2D eigenvalue weighted by Gasteiger charge is 2.35. The first kappa shape index (κ1) is 26.7. The van der Waals surface area contributed by atoms with Crippen molar-refractivity contribution in [2.45, 2.75) is 25.0 Å². The van der Waals surface area contributed by atoms with Gasteiger partial charge in [0.2, 0.25) is 11.8 Å². The largest absolute Gasteiger partial charge is 0.495 e. The third kappa shape index (κ3) is 6.68. The number of amides is 3. The van der Waals surface area contributed by atoms with Crippen LogP contribution in [0.5, 0.6) is 5.75 Å². The van der Waals surface area contributed by atoms with Crippen LogP contribution in [0.15, 0.2) is 66.0 Å². The fraction of sp³-hybridized carbons (Fsp3) is 0.296. The molecule has 1 aromatic heterocycles. The third-order valence-electron chi connectivity index (χ3n) is 5.96. The Labute approximate surface area is 224 Å². The van der Waals surface area contributed by atoms with E-state index in [9.17, 15) is 14.4 Å². The molecule has 0 saturated carbocycles. The Morgan fingerprint density at radius 2 is 1.95 bits per heavy atom. The number of nitrogens with one attached hydrogen (secondary N) is 2. The highest BCUT2D eigenvalue weighted by molar-refractivity contribution is 7.12. The van der Waals surface area contributed by atoms with Gasteiger partial charge in [-0.1, -0.05) is 48.0 Å². The zero-order valence-electron chi connectivity index (χ0n) is 20.3. The van der Waals surface area contributed by atoms with Crippen molar-refractivity contribution in [3.05, 3.63) is 81.5 Å². The number of ether oxygens (including phenoxy) is 2. The van der Waals surface area contributed by atoms with Gasteiger partial charge in [-0.15, -0.1) is 11.3 Å². The van der Waals surface area contributed by atoms with Gasteiger partial charge >= 0.3 is 0 Å². The van der Waals surface area contributed by atoms with E-state index in [-0.39, 0.29) is 24.5 Å². The van der Waals surface area contributed by atoms with E-state index < -0.39 is 11.9 Å². The van der Waals surface area contributed by atoms with Gasteiger partial charge in [0.15, 0.2) is 0 Å². The summed E-state index contributed by atoms with van der Waals surface area (Å²) >= 11 is 7.59. The molecule has 0 aliphatic carbocycles. The summed E-state index contributed by atoms with van der Waals surface area (Å²) in [6.45, 7) is 0.650. The van der Waals surface area contributed by atoms with Gasteiger partial charge < -0.3 is 20.1 Å². The van der Waals surface area contributed by atoms with Crippen LogP contribution in [0, 0.1) is 0 Å². The van der Waals surface area contributed by atoms with Gasteiger partial charge in [-0.05, 0) is 48.1 Å². The highest BCUT2D eigenvalue weighted by atomic mass is 35.5. The summed E-state index contributed by atoms with van der Waals surface area (Å²) in [5, 5.41) is 7.76. The fourth-order valence-corrected chi connectivity index (χ4v) is 4.98. The average molecular weight is 542 g/mol. The van der Waals surface area contributed by atoms with Crippen LogP contribution in [0.2, 0.25) is 5.02 Å². The summed E-state index contributed by atoms with van der Waals surface area (Å²) in [5.74, 6) is -0.913. The van der Waals surface area contributed by atoms with E-state index in [0.717, 1.165) is 12.8 Å². The number of rotatable bonds is 10. The monoisotopic (exact) mass is 541 g/mol. The number of hydrogen-bond acceptors (Lipinski definition) is 6. The summed E-state index contributed by atoms with van der Waals surface area (Å²) < 4.78 is 11.2. The highest BCUT2D eigenvalue weighted by Crippen LogP contribution is 2.37. The van der Waals surface area contributed by atoms with Crippen molar-refractivity contribution in [1.82, 2.24) is 10.6 Å². The van der Waals surface area contributed by atoms with E-state index in [4.69, 9.17) is 21.1 Å². The lowest BCUT2D eigenvalue weighted by Gasteiger charge is -2.33. The van der Waals surface area contributed by atoms with Crippen molar-refractivity contribution in [3.63, 3.8) is 0 Å². The predicted octanol–water partition coefficient (Wildman–Crippen LogP) is 4.21. The molecule has 1 aliphatic rings. The maximum absolute atomic E-state index is 13.8. The molecule has 0 bridgehead atoms. The van der Waals surface area contributed by atoms with Crippen molar-refractivity contribution < 1.29 is 23.9 Å². The first-order chi connectivity index (χ1) is 18.0. The molecule has 2 aromatic carbocycles. The molecular formula is C27H28ClN3O5S. The molecule has 10 heteroatoms. The molecule has 1 fully saturated rings. The number of hydrogen-bond donors (Lipinski definition) is 2. The van der Waals surface area contributed by atoms with Gasteiger partial charge in [0.25, 0.3) is 5.91 Å². The Hall–Kier alpha value is -3.40. The van der Waals surface area contributed by atoms with Gasteiger partial charge in [-0.2, -0.15) is 0 Å². The van der Waals surface area contributed by atoms with Crippen molar-refractivity contribution >= 4 is 46.3 Å². The summed E-state index contributed by atoms with van der Waals surface area (Å²) in [6.07, 6.45) is 1.72. The van der Waals surface area contributed by atoms with Crippen LogP contribution in [-0.4, -0.2) is 50.6 Å². The van der Waals surface area contributed by atoms with Crippen molar-refractivity contribution in [2.75, 3.05) is 31.7 Å². The predicted molar refractivity (Wildman–Crippen MR) is 143 cm³/mol. The molecule has 37 heavy (non-hydrogen) atoms. The molecule has 8 nitrogen and oxygen atoms in total. The Bertz CT molecular complexity index is 1220. The molecular weight excluding hydrogens is 514 g/mol. The van der Waals surface area contributed by atoms with E-state index in [2.05, 4.69) is 10.6 Å². The van der Waals surface area contributed by atoms with Gasteiger partial charge in [0.05, 0.1) is 30.3 Å².